The van der Waals surface area contributed by atoms with E-state index in [1.165, 1.54) is 44.1 Å². The predicted molar refractivity (Wildman–Crippen MR) is 129 cm³/mol. The monoisotopic (exact) mass is 506 g/mol. The quantitative estimate of drug-likeness (QED) is 0.230. The fourth-order valence-corrected chi connectivity index (χ4v) is 5.70. The normalized spacial score (nSPS) is 25.2. The van der Waals surface area contributed by atoms with Crippen LogP contribution in [0, 0.1) is 29.4 Å². The number of carbonyl (C=O) groups is 1. The van der Waals surface area contributed by atoms with E-state index in [4.69, 9.17) is 4.74 Å². The Labute approximate surface area is 208 Å². The van der Waals surface area contributed by atoms with Crippen LogP contribution in [-0.2, 0) is 0 Å². The van der Waals surface area contributed by atoms with Gasteiger partial charge in [-0.1, -0.05) is 31.9 Å². The maximum Gasteiger partial charge on any atom is 0.409 e. The van der Waals surface area contributed by atoms with Crippen molar-refractivity contribution in [1.29, 1.82) is 0 Å². The van der Waals surface area contributed by atoms with Crippen LogP contribution >= 0.6 is 0 Å². The zero-order valence-corrected chi connectivity index (χ0v) is 20.3. The zero-order valence-electron chi connectivity index (χ0n) is 20.3. The summed E-state index contributed by atoms with van der Waals surface area (Å²) in [5.41, 5.74) is 0.537. The lowest BCUT2D eigenvalue weighted by atomic mass is 9.68. The molecule has 4 rings (SSSR count). The Balaban J connectivity index is 1.33. The van der Waals surface area contributed by atoms with E-state index in [1.807, 2.05) is 12.1 Å². The van der Waals surface area contributed by atoms with Crippen molar-refractivity contribution in [3.05, 3.63) is 70.8 Å². The lowest BCUT2D eigenvalue weighted by Gasteiger charge is -2.37. The van der Waals surface area contributed by atoms with E-state index in [1.54, 1.807) is 12.1 Å². The topological polar surface area (TPSA) is 26.3 Å². The molecule has 0 atom stereocenters. The van der Waals surface area contributed by atoms with E-state index < -0.39 is 35.1 Å². The van der Waals surface area contributed by atoms with Gasteiger partial charge in [0.05, 0.1) is 5.56 Å². The summed E-state index contributed by atoms with van der Waals surface area (Å²) >= 11 is 0. The number of halogens is 5. The van der Waals surface area contributed by atoms with Crippen molar-refractivity contribution in [3.63, 3.8) is 0 Å². The molecule has 0 amide bonds. The molecular formula is C29H31F5O2. The number of allylic oxidation sites excluding steroid dienone is 1. The van der Waals surface area contributed by atoms with Gasteiger partial charge in [-0.3, -0.25) is 0 Å². The lowest BCUT2D eigenvalue weighted by Crippen LogP contribution is -2.24. The van der Waals surface area contributed by atoms with Crippen LogP contribution in [0.1, 0.15) is 85.7 Å². The second kappa shape index (κ2) is 11.1. The summed E-state index contributed by atoms with van der Waals surface area (Å²) in [6, 6.07) is 8.46. The fourth-order valence-electron chi connectivity index (χ4n) is 5.70. The Morgan fingerprint density at radius 2 is 1.39 bits per heavy atom. The summed E-state index contributed by atoms with van der Waals surface area (Å²) in [5.74, 6) is -0.732. The molecule has 7 heteroatoms. The summed E-state index contributed by atoms with van der Waals surface area (Å²) in [4.78, 5) is 12.5. The highest BCUT2D eigenvalue weighted by Gasteiger charge is 2.30. The first kappa shape index (κ1) is 26.4. The van der Waals surface area contributed by atoms with Gasteiger partial charge < -0.3 is 4.74 Å². The molecule has 0 bridgehead atoms. The van der Waals surface area contributed by atoms with Crippen molar-refractivity contribution in [3.8, 4) is 5.75 Å². The number of carbonyl (C=O) groups excluding carboxylic acids is 1. The van der Waals surface area contributed by atoms with Crippen LogP contribution in [0.3, 0.4) is 0 Å². The number of alkyl halides is 3. The van der Waals surface area contributed by atoms with Gasteiger partial charge >= 0.3 is 12.1 Å². The molecule has 2 nitrogen and oxygen atoms in total. The van der Waals surface area contributed by atoms with Gasteiger partial charge in [0.1, 0.15) is 17.4 Å². The molecule has 2 saturated carbocycles. The highest BCUT2D eigenvalue weighted by atomic mass is 19.4. The first-order valence-corrected chi connectivity index (χ1v) is 12.7. The minimum atomic E-state index is -4.70. The van der Waals surface area contributed by atoms with Gasteiger partial charge in [0.2, 0.25) is 0 Å². The molecule has 36 heavy (non-hydrogen) atoms. The number of rotatable bonds is 5. The first-order valence-electron chi connectivity index (χ1n) is 12.7. The Bertz CT molecular complexity index is 1050. The third-order valence-electron chi connectivity index (χ3n) is 7.82. The molecular weight excluding hydrogens is 475 g/mol. The maximum atomic E-state index is 14.1. The standard InChI is InChI=1S/C29H31F5O2/c1-18-2-4-19(5-3-18)20-6-8-21(9-7-20)22-10-12-23(13-11-22)28(35)36-24-16-26(30)25(27(31)17-24)14-15-29(32,33)34/h10-21H,2-9H2,1H3/b15-14+. The van der Waals surface area contributed by atoms with Gasteiger partial charge in [-0.25, -0.2) is 13.6 Å². The highest BCUT2D eigenvalue weighted by Crippen LogP contribution is 2.43. The number of esters is 1. The van der Waals surface area contributed by atoms with Gasteiger partial charge in [0.15, 0.2) is 0 Å². The van der Waals surface area contributed by atoms with Gasteiger partial charge in [-0.2, -0.15) is 13.2 Å². The summed E-state index contributed by atoms with van der Waals surface area (Å²) < 4.78 is 70.2. The van der Waals surface area contributed by atoms with Gasteiger partial charge in [0.25, 0.3) is 0 Å². The molecule has 0 aliphatic heterocycles. The Morgan fingerprint density at radius 1 is 0.861 bits per heavy atom. The van der Waals surface area contributed by atoms with Crippen LogP contribution in [0.5, 0.6) is 5.75 Å². The predicted octanol–water partition coefficient (Wildman–Crippen LogP) is 8.86. The Morgan fingerprint density at radius 3 is 1.92 bits per heavy atom. The maximum absolute atomic E-state index is 14.1. The molecule has 0 N–H and O–H groups in total. The number of ether oxygens (including phenoxy) is 1. The van der Waals surface area contributed by atoms with Crippen molar-refractivity contribution >= 4 is 12.0 Å². The molecule has 2 aromatic rings. The molecule has 0 heterocycles. The van der Waals surface area contributed by atoms with Crippen LogP contribution in [0.25, 0.3) is 6.08 Å². The van der Waals surface area contributed by atoms with Gasteiger partial charge in [0, 0.05) is 23.8 Å². The zero-order chi connectivity index (χ0) is 25.9. The van der Waals surface area contributed by atoms with Crippen LogP contribution < -0.4 is 4.74 Å². The lowest BCUT2D eigenvalue weighted by molar-refractivity contribution is -0.0790. The number of hydrogen-bond donors (Lipinski definition) is 0. The SMILES string of the molecule is CC1CCC(C2CCC(c3ccc(C(=O)Oc4cc(F)c(/C=C/C(F)(F)F)c(F)c4)cc3)CC2)CC1. The van der Waals surface area contributed by atoms with Gasteiger partial charge in [-0.15, -0.1) is 0 Å². The fraction of sp³-hybridized carbons (Fsp3) is 0.483. The molecule has 2 aliphatic rings. The van der Waals surface area contributed by atoms with Crippen LogP contribution in [0.2, 0.25) is 0 Å². The summed E-state index contributed by atoms with van der Waals surface area (Å²) in [7, 11) is 0. The Hall–Kier alpha value is -2.70. The van der Waals surface area contributed by atoms with E-state index in [0.717, 1.165) is 30.6 Å². The number of benzene rings is 2. The third-order valence-corrected chi connectivity index (χ3v) is 7.82. The summed E-state index contributed by atoms with van der Waals surface area (Å²) in [6.07, 6.45) is 5.48. The van der Waals surface area contributed by atoms with Crippen LogP contribution in [0.15, 0.2) is 42.5 Å². The van der Waals surface area contributed by atoms with Gasteiger partial charge in [-0.05, 0) is 86.0 Å². The second-order valence-electron chi connectivity index (χ2n) is 10.3. The molecule has 0 unspecified atom stereocenters. The largest absolute Gasteiger partial charge is 0.423 e. The van der Waals surface area contributed by atoms with Crippen molar-refractivity contribution in [1.82, 2.24) is 0 Å². The minimum absolute atomic E-state index is 0.227. The molecule has 0 radical (unpaired) electrons. The van der Waals surface area contributed by atoms with E-state index in [9.17, 15) is 26.7 Å². The van der Waals surface area contributed by atoms with E-state index in [2.05, 4.69) is 6.92 Å². The van der Waals surface area contributed by atoms with Crippen LogP contribution in [-0.4, -0.2) is 12.1 Å². The number of hydrogen-bond acceptors (Lipinski definition) is 2. The highest BCUT2D eigenvalue weighted by molar-refractivity contribution is 5.91. The Kier molecular flexibility index (Phi) is 8.16. The molecule has 2 aromatic carbocycles. The molecule has 2 aliphatic carbocycles. The van der Waals surface area contributed by atoms with Crippen molar-refractivity contribution in [2.75, 3.05) is 0 Å². The smallest absolute Gasteiger partial charge is 0.409 e. The van der Waals surface area contributed by atoms with E-state index >= 15 is 0 Å². The summed E-state index contributed by atoms with van der Waals surface area (Å²) in [5, 5.41) is 0. The second-order valence-corrected chi connectivity index (χ2v) is 10.3. The third kappa shape index (κ3) is 6.74. The average Bonchev–Trinajstić information content (AvgIpc) is 2.83. The van der Waals surface area contributed by atoms with Crippen molar-refractivity contribution < 1.29 is 31.5 Å². The van der Waals surface area contributed by atoms with Crippen molar-refractivity contribution in [2.45, 2.75) is 70.4 Å². The molecule has 194 valence electrons. The average molecular weight is 507 g/mol. The van der Waals surface area contributed by atoms with E-state index in [-0.39, 0.29) is 11.6 Å². The molecule has 0 spiro atoms. The van der Waals surface area contributed by atoms with E-state index in [0.29, 0.717) is 24.1 Å². The minimum Gasteiger partial charge on any atom is -0.423 e. The van der Waals surface area contributed by atoms with Crippen molar-refractivity contribution in [2.24, 2.45) is 17.8 Å². The molecule has 0 aromatic heterocycles. The molecule has 0 saturated heterocycles. The first-order chi connectivity index (χ1) is 17.1. The molecule has 2 fully saturated rings. The van der Waals surface area contributed by atoms with Crippen LogP contribution in [0.4, 0.5) is 22.0 Å². The summed E-state index contributed by atoms with van der Waals surface area (Å²) in [6.45, 7) is 2.35.